The Bertz CT molecular complexity index is 937. The molecule has 2 atom stereocenters. The van der Waals surface area contributed by atoms with Gasteiger partial charge in [0.15, 0.2) is 0 Å². The van der Waals surface area contributed by atoms with Crippen molar-refractivity contribution in [3.8, 4) is 0 Å². The molecule has 0 fully saturated rings. The van der Waals surface area contributed by atoms with Crippen molar-refractivity contribution in [1.29, 1.82) is 0 Å². The molecule has 0 aromatic heterocycles. The molecule has 0 spiro atoms. The molecule has 0 bridgehead atoms. The molecule has 0 radical (unpaired) electrons. The molecule has 2 aromatic rings. The number of nitrogens with one attached hydrogen (secondary N) is 1. The summed E-state index contributed by atoms with van der Waals surface area (Å²) < 4.78 is 0. The standard InChI is InChI=1S/C23H26Cl4N2O2S/c1-4-14(2)28-23(31)15(3)29(11-16-8-9-17(24)10-21(16)27)22(30)13-32-12-18-19(25)6-5-7-20(18)26/h5-10,14-15H,4,11-13H2,1-3H3,(H,28,31)/t14-,15+/m1/s1. The first kappa shape index (κ1) is 27.1. The summed E-state index contributed by atoms with van der Waals surface area (Å²) in [6.07, 6.45) is 0.796. The fourth-order valence-electron chi connectivity index (χ4n) is 2.88. The minimum atomic E-state index is -0.673. The van der Waals surface area contributed by atoms with Crippen LogP contribution in [0.1, 0.15) is 38.3 Å². The first-order chi connectivity index (χ1) is 15.1. The van der Waals surface area contributed by atoms with E-state index in [0.717, 1.165) is 12.0 Å². The Morgan fingerprint density at radius 1 is 1.03 bits per heavy atom. The van der Waals surface area contributed by atoms with Crippen LogP contribution in [-0.2, 0) is 21.9 Å². The van der Waals surface area contributed by atoms with Gasteiger partial charge in [0, 0.05) is 38.4 Å². The van der Waals surface area contributed by atoms with E-state index in [1.165, 1.54) is 16.7 Å². The summed E-state index contributed by atoms with van der Waals surface area (Å²) >= 11 is 26.2. The van der Waals surface area contributed by atoms with Crippen molar-refractivity contribution < 1.29 is 9.59 Å². The Kier molecular flexibility index (Phi) is 11.0. The zero-order valence-electron chi connectivity index (χ0n) is 18.1. The normalized spacial score (nSPS) is 12.8. The fourth-order valence-corrected chi connectivity index (χ4v) is 4.99. The SMILES string of the molecule is CC[C@@H](C)NC(=O)[C@H](C)N(Cc1ccc(Cl)cc1Cl)C(=O)CSCc1c(Cl)cccc1Cl. The van der Waals surface area contributed by atoms with Crippen molar-refractivity contribution >= 4 is 70.0 Å². The molecule has 32 heavy (non-hydrogen) atoms. The first-order valence-corrected chi connectivity index (χ1v) is 12.8. The Morgan fingerprint density at radius 3 is 2.28 bits per heavy atom. The number of halogens is 4. The number of carbonyl (C=O) groups excluding carboxylic acids is 2. The third-order valence-electron chi connectivity index (χ3n) is 5.06. The summed E-state index contributed by atoms with van der Waals surface area (Å²) in [7, 11) is 0. The molecule has 0 aliphatic carbocycles. The molecule has 0 unspecified atom stereocenters. The highest BCUT2D eigenvalue weighted by Gasteiger charge is 2.27. The fraction of sp³-hybridized carbons (Fsp3) is 0.391. The van der Waals surface area contributed by atoms with Crippen LogP contribution in [0.4, 0.5) is 0 Å². The van der Waals surface area contributed by atoms with Gasteiger partial charge >= 0.3 is 0 Å². The number of amides is 2. The lowest BCUT2D eigenvalue weighted by molar-refractivity contribution is -0.138. The predicted molar refractivity (Wildman–Crippen MR) is 137 cm³/mol. The van der Waals surface area contributed by atoms with Gasteiger partial charge in [-0.3, -0.25) is 9.59 Å². The lowest BCUT2D eigenvalue weighted by Gasteiger charge is -2.30. The van der Waals surface area contributed by atoms with Crippen molar-refractivity contribution in [2.75, 3.05) is 5.75 Å². The van der Waals surface area contributed by atoms with Crippen LogP contribution < -0.4 is 5.32 Å². The molecule has 0 saturated carbocycles. The molecule has 4 nitrogen and oxygen atoms in total. The highest BCUT2D eigenvalue weighted by molar-refractivity contribution is 7.99. The van der Waals surface area contributed by atoms with Gasteiger partial charge in [0.25, 0.3) is 0 Å². The van der Waals surface area contributed by atoms with Crippen molar-refractivity contribution in [2.45, 2.75) is 51.6 Å². The van der Waals surface area contributed by atoms with Crippen LogP contribution in [0.5, 0.6) is 0 Å². The monoisotopic (exact) mass is 534 g/mol. The van der Waals surface area contributed by atoms with Gasteiger partial charge in [0.1, 0.15) is 6.04 Å². The van der Waals surface area contributed by atoms with E-state index in [9.17, 15) is 9.59 Å². The molecule has 9 heteroatoms. The number of benzene rings is 2. The van der Waals surface area contributed by atoms with Gasteiger partial charge in [-0.1, -0.05) is 65.5 Å². The second-order valence-corrected chi connectivity index (χ2v) is 10.1. The summed E-state index contributed by atoms with van der Waals surface area (Å²) in [5, 5.41) is 5.01. The largest absolute Gasteiger partial charge is 0.352 e. The summed E-state index contributed by atoms with van der Waals surface area (Å²) in [5.41, 5.74) is 1.50. The minimum absolute atomic E-state index is 0.0118. The highest BCUT2D eigenvalue weighted by atomic mass is 35.5. The van der Waals surface area contributed by atoms with Crippen LogP contribution in [0.15, 0.2) is 36.4 Å². The van der Waals surface area contributed by atoms with Crippen molar-refractivity contribution in [3.63, 3.8) is 0 Å². The Balaban J connectivity index is 2.16. The van der Waals surface area contributed by atoms with E-state index >= 15 is 0 Å². The number of hydrogen-bond acceptors (Lipinski definition) is 3. The Labute approximate surface area is 213 Å². The second-order valence-electron chi connectivity index (χ2n) is 7.44. The van der Waals surface area contributed by atoms with Crippen LogP contribution in [0.25, 0.3) is 0 Å². The van der Waals surface area contributed by atoms with Crippen LogP contribution in [0.3, 0.4) is 0 Å². The highest BCUT2D eigenvalue weighted by Crippen LogP contribution is 2.29. The predicted octanol–water partition coefficient (Wildman–Crippen LogP) is 6.87. The third kappa shape index (κ3) is 7.74. The number of thioether (sulfide) groups is 1. The van der Waals surface area contributed by atoms with Crippen LogP contribution >= 0.6 is 58.2 Å². The van der Waals surface area contributed by atoms with Crippen LogP contribution in [0, 0.1) is 0 Å². The van der Waals surface area contributed by atoms with Gasteiger partial charge in [-0.05, 0) is 55.7 Å². The molecule has 0 heterocycles. The lowest BCUT2D eigenvalue weighted by Crippen LogP contribution is -2.50. The molecule has 0 aliphatic heterocycles. The molecular weight excluding hydrogens is 510 g/mol. The van der Waals surface area contributed by atoms with E-state index in [1.54, 1.807) is 43.3 Å². The average Bonchev–Trinajstić information content (AvgIpc) is 2.74. The van der Waals surface area contributed by atoms with E-state index < -0.39 is 6.04 Å². The van der Waals surface area contributed by atoms with E-state index in [4.69, 9.17) is 46.4 Å². The molecule has 2 rings (SSSR count). The Hall–Kier alpha value is -1.11. The van der Waals surface area contributed by atoms with Gasteiger partial charge in [0.2, 0.25) is 11.8 Å². The van der Waals surface area contributed by atoms with E-state index in [-0.39, 0.29) is 30.2 Å². The van der Waals surface area contributed by atoms with E-state index in [2.05, 4.69) is 5.32 Å². The third-order valence-corrected chi connectivity index (χ3v) is 7.30. The second kappa shape index (κ2) is 13.0. The quantitative estimate of drug-likeness (QED) is 0.361. The van der Waals surface area contributed by atoms with Crippen molar-refractivity contribution in [2.24, 2.45) is 0 Å². The maximum absolute atomic E-state index is 13.2. The summed E-state index contributed by atoms with van der Waals surface area (Å²) in [4.78, 5) is 27.5. The summed E-state index contributed by atoms with van der Waals surface area (Å²) in [5.74, 6) is 0.244. The average molecular weight is 536 g/mol. The number of rotatable bonds is 10. The number of hydrogen-bond donors (Lipinski definition) is 1. The molecule has 1 N–H and O–H groups in total. The summed E-state index contributed by atoms with van der Waals surface area (Å²) in [6.45, 7) is 5.82. The van der Waals surface area contributed by atoms with Gasteiger partial charge in [-0.25, -0.2) is 0 Å². The van der Waals surface area contributed by atoms with Gasteiger partial charge in [-0.2, -0.15) is 0 Å². The number of carbonyl (C=O) groups is 2. The molecular formula is C23H26Cl4N2O2S. The zero-order valence-corrected chi connectivity index (χ0v) is 22.0. The smallest absolute Gasteiger partial charge is 0.242 e. The van der Waals surface area contributed by atoms with Crippen molar-refractivity contribution in [1.82, 2.24) is 10.2 Å². The van der Waals surface area contributed by atoms with E-state index in [0.29, 0.717) is 31.4 Å². The van der Waals surface area contributed by atoms with Gasteiger partial charge in [-0.15, -0.1) is 11.8 Å². The molecule has 0 saturated heterocycles. The maximum atomic E-state index is 13.2. The maximum Gasteiger partial charge on any atom is 0.242 e. The van der Waals surface area contributed by atoms with Crippen LogP contribution in [-0.4, -0.2) is 34.6 Å². The Morgan fingerprint density at radius 2 is 1.69 bits per heavy atom. The first-order valence-electron chi connectivity index (χ1n) is 10.2. The molecule has 174 valence electrons. The lowest BCUT2D eigenvalue weighted by atomic mass is 10.1. The topological polar surface area (TPSA) is 49.4 Å². The van der Waals surface area contributed by atoms with E-state index in [1.807, 2.05) is 13.8 Å². The molecule has 0 aliphatic rings. The van der Waals surface area contributed by atoms with Gasteiger partial charge in [0.05, 0.1) is 5.75 Å². The molecule has 2 amide bonds. The minimum Gasteiger partial charge on any atom is -0.352 e. The molecule has 2 aromatic carbocycles. The zero-order chi connectivity index (χ0) is 23.8. The van der Waals surface area contributed by atoms with Crippen LogP contribution in [0.2, 0.25) is 20.1 Å². The van der Waals surface area contributed by atoms with Crippen molar-refractivity contribution in [3.05, 3.63) is 67.6 Å². The number of nitrogens with zero attached hydrogens (tertiary/aromatic N) is 1. The summed E-state index contributed by atoms with van der Waals surface area (Å²) in [6, 6.07) is 9.75. The van der Waals surface area contributed by atoms with Gasteiger partial charge < -0.3 is 10.2 Å².